The molecule has 10 heavy (non-hydrogen) atoms. The third-order valence-electron chi connectivity index (χ3n) is 0.880. The number of hydrogen-bond donors (Lipinski definition) is 0. The Kier molecular flexibility index (Phi) is 4.47. The molecule has 0 spiro atoms. The monoisotopic (exact) mass is 180 g/mol. The summed E-state index contributed by atoms with van der Waals surface area (Å²) in [5.74, 6) is 0. The minimum absolute atomic E-state index is 0. The van der Waals surface area contributed by atoms with Crippen LogP contribution in [-0.4, -0.2) is 50.4 Å². The van der Waals surface area contributed by atoms with Crippen molar-refractivity contribution in [1.82, 2.24) is 0 Å². The normalized spacial score (nSPS) is 16.2. The summed E-state index contributed by atoms with van der Waals surface area (Å²) < 4.78 is 0.581. The van der Waals surface area contributed by atoms with E-state index in [1.54, 1.807) is 12.2 Å². The fourth-order valence-corrected chi connectivity index (χ4v) is 0.754. The van der Waals surface area contributed by atoms with E-state index >= 15 is 0 Å². The summed E-state index contributed by atoms with van der Waals surface area (Å²) in [4.78, 5) is 0.606. The van der Waals surface area contributed by atoms with Crippen molar-refractivity contribution >= 4 is 70.1 Å². The average Bonchev–Trinajstić information content (AvgIpc) is 1.83. The van der Waals surface area contributed by atoms with Gasteiger partial charge in [-0.25, -0.2) is 0 Å². The van der Waals surface area contributed by atoms with Crippen molar-refractivity contribution in [2.75, 3.05) is 0 Å². The topological polar surface area (TPSA) is 26.1 Å². The summed E-state index contributed by atoms with van der Waals surface area (Å²) in [6, 6.07) is 0. The maximum absolute atomic E-state index is 10.6. The van der Waals surface area contributed by atoms with Gasteiger partial charge in [-0.2, -0.15) is 4.74 Å². The molecule has 0 amide bonds. The standard InChI is InChI=1S/C5H3NOS2.Na/c7-6-3-1-2-4(8)5(6)9;/h1-3H;. The van der Waals surface area contributed by atoms with Crippen molar-refractivity contribution < 1.29 is 4.74 Å². The molecule has 0 aromatic heterocycles. The van der Waals surface area contributed by atoms with E-state index in [0.29, 0.717) is 9.60 Å². The predicted octanol–water partition coefficient (Wildman–Crippen LogP) is 0.454. The molecule has 5 heteroatoms. The molecule has 1 rings (SSSR count). The minimum atomic E-state index is 0. The SMILES string of the molecule is [Na].[O-][N+]1=CC=CC(=S)C1=S. The first-order valence-electron chi connectivity index (χ1n) is 2.28. The smallest absolute Gasteiger partial charge is 0.301 e. The molecule has 1 aliphatic rings. The van der Waals surface area contributed by atoms with Gasteiger partial charge in [-0.3, -0.25) is 0 Å². The largest absolute Gasteiger partial charge is 0.618 e. The first-order chi connectivity index (χ1) is 4.22. The molecular formula is C5H3NNaOS2. The van der Waals surface area contributed by atoms with Crippen LogP contribution in [0.2, 0.25) is 0 Å². The van der Waals surface area contributed by atoms with Crippen molar-refractivity contribution in [2.24, 2.45) is 0 Å². The van der Waals surface area contributed by atoms with E-state index < -0.39 is 0 Å². The van der Waals surface area contributed by atoms with Crippen molar-refractivity contribution in [3.63, 3.8) is 0 Å². The predicted molar refractivity (Wildman–Crippen MR) is 49.8 cm³/mol. The van der Waals surface area contributed by atoms with Gasteiger partial charge in [-0.1, -0.05) is 12.2 Å². The molecular weight excluding hydrogens is 177 g/mol. The Morgan fingerprint density at radius 1 is 1.40 bits per heavy atom. The molecule has 0 fully saturated rings. The number of nitrogens with zero attached hydrogens (tertiary/aromatic N) is 1. The molecule has 0 aromatic carbocycles. The Morgan fingerprint density at radius 2 is 2.00 bits per heavy atom. The zero-order valence-electron chi connectivity index (χ0n) is 5.40. The van der Waals surface area contributed by atoms with Gasteiger partial charge in [0.25, 0.3) is 0 Å². The van der Waals surface area contributed by atoms with Crippen LogP contribution in [0.5, 0.6) is 0 Å². The van der Waals surface area contributed by atoms with Crippen LogP contribution in [0.25, 0.3) is 0 Å². The van der Waals surface area contributed by atoms with Gasteiger partial charge in [0.15, 0.2) is 6.21 Å². The van der Waals surface area contributed by atoms with Gasteiger partial charge in [0, 0.05) is 35.6 Å². The Morgan fingerprint density at radius 3 is 2.40 bits per heavy atom. The van der Waals surface area contributed by atoms with Crippen molar-refractivity contribution in [1.29, 1.82) is 0 Å². The Bertz CT molecular complexity index is 234. The zero-order chi connectivity index (χ0) is 6.85. The molecule has 0 saturated carbocycles. The second-order valence-corrected chi connectivity index (χ2v) is 2.33. The van der Waals surface area contributed by atoms with E-state index in [0.717, 1.165) is 0 Å². The Hall–Kier alpha value is 0.390. The summed E-state index contributed by atoms with van der Waals surface area (Å²) in [6.07, 6.45) is 4.54. The van der Waals surface area contributed by atoms with Gasteiger partial charge in [-0.05, 0) is 18.3 Å². The van der Waals surface area contributed by atoms with Crippen LogP contribution in [-0.2, 0) is 0 Å². The van der Waals surface area contributed by atoms with Crippen LogP contribution in [0.3, 0.4) is 0 Å². The third kappa shape index (κ3) is 2.21. The Balaban J connectivity index is 0.000000810. The summed E-state index contributed by atoms with van der Waals surface area (Å²) in [6.45, 7) is 0. The van der Waals surface area contributed by atoms with Crippen LogP contribution in [0.1, 0.15) is 0 Å². The maximum Gasteiger partial charge on any atom is 0.301 e. The van der Waals surface area contributed by atoms with Gasteiger partial charge in [-0.15, -0.1) is 0 Å². The van der Waals surface area contributed by atoms with Crippen LogP contribution in [0.4, 0.5) is 0 Å². The van der Waals surface area contributed by atoms with Crippen molar-refractivity contribution in [3.05, 3.63) is 17.4 Å². The second-order valence-electron chi connectivity index (χ2n) is 1.50. The van der Waals surface area contributed by atoms with E-state index in [1.165, 1.54) is 6.21 Å². The number of hydrogen-bond acceptors (Lipinski definition) is 3. The molecule has 1 radical (unpaired) electrons. The second kappa shape index (κ2) is 4.31. The maximum atomic E-state index is 10.6. The van der Waals surface area contributed by atoms with E-state index in [-0.39, 0.29) is 34.5 Å². The molecule has 1 aliphatic heterocycles. The van der Waals surface area contributed by atoms with Gasteiger partial charge >= 0.3 is 4.99 Å². The van der Waals surface area contributed by atoms with Gasteiger partial charge in [0.2, 0.25) is 0 Å². The summed E-state index contributed by atoms with van der Waals surface area (Å²) in [7, 11) is 0. The van der Waals surface area contributed by atoms with Gasteiger partial charge in [0.05, 0.1) is 0 Å². The number of hydroxylamine groups is 1. The zero-order valence-corrected chi connectivity index (χ0v) is 9.04. The van der Waals surface area contributed by atoms with Crippen molar-refractivity contribution in [2.45, 2.75) is 0 Å². The van der Waals surface area contributed by atoms with Crippen LogP contribution < -0.4 is 0 Å². The molecule has 0 saturated heterocycles. The fourth-order valence-electron chi connectivity index (χ4n) is 0.456. The Labute approximate surface area is 91.5 Å². The van der Waals surface area contributed by atoms with Crippen LogP contribution in [0.15, 0.2) is 12.2 Å². The number of allylic oxidation sites excluding steroid dienone is 1. The first kappa shape index (κ1) is 10.4. The molecule has 0 unspecified atom stereocenters. The molecule has 1 heterocycles. The molecule has 0 bridgehead atoms. The number of rotatable bonds is 0. The summed E-state index contributed by atoms with van der Waals surface area (Å²) >= 11 is 9.36. The molecule has 0 aliphatic carbocycles. The van der Waals surface area contributed by atoms with Gasteiger partial charge in [0.1, 0.15) is 4.86 Å². The fraction of sp³-hybridized carbons (Fsp3) is 0. The van der Waals surface area contributed by atoms with Crippen LogP contribution in [0, 0.1) is 5.21 Å². The van der Waals surface area contributed by atoms with Crippen molar-refractivity contribution in [3.8, 4) is 0 Å². The average molecular weight is 180 g/mol. The minimum Gasteiger partial charge on any atom is -0.618 e. The van der Waals surface area contributed by atoms with Crippen LogP contribution >= 0.6 is 24.4 Å². The summed E-state index contributed by atoms with van der Waals surface area (Å²) in [5.41, 5.74) is 0. The van der Waals surface area contributed by atoms with E-state index in [2.05, 4.69) is 12.2 Å². The summed E-state index contributed by atoms with van der Waals surface area (Å²) in [5, 5.41) is 10.6. The molecule has 0 atom stereocenters. The first-order valence-corrected chi connectivity index (χ1v) is 3.09. The van der Waals surface area contributed by atoms with E-state index in [9.17, 15) is 5.21 Å². The third-order valence-corrected chi connectivity index (χ3v) is 1.74. The molecule has 47 valence electrons. The molecule has 0 N–H and O–H groups in total. The number of thiocarbonyl (C=S) groups is 2. The van der Waals surface area contributed by atoms with E-state index in [1.807, 2.05) is 0 Å². The molecule has 0 aromatic rings. The quantitative estimate of drug-likeness (QED) is 0.234. The van der Waals surface area contributed by atoms with Gasteiger partial charge < -0.3 is 5.21 Å². The molecule has 2 nitrogen and oxygen atoms in total. The van der Waals surface area contributed by atoms with E-state index in [4.69, 9.17) is 12.2 Å².